The summed E-state index contributed by atoms with van der Waals surface area (Å²) in [6.07, 6.45) is 4.02. The quantitative estimate of drug-likeness (QED) is 0.545. The Bertz CT molecular complexity index is 1040. The van der Waals surface area contributed by atoms with Gasteiger partial charge in [0.05, 0.1) is 31.4 Å². The summed E-state index contributed by atoms with van der Waals surface area (Å²) in [6.45, 7) is 6.10. The van der Waals surface area contributed by atoms with Crippen molar-refractivity contribution in [3.63, 3.8) is 0 Å². The molecule has 1 amide bonds. The summed E-state index contributed by atoms with van der Waals surface area (Å²) in [7, 11) is 1.64. The first kappa shape index (κ1) is 22.1. The molecule has 168 valence electrons. The van der Waals surface area contributed by atoms with Crippen molar-refractivity contribution in [2.45, 2.75) is 45.4 Å². The maximum atomic E-state index is 13.5. The lowest BCUT2D eigenvalue weighted by atomic mass is 10.0. The van der Waals surface area contributed by atoms with E-state index in [1.54, 1.807) is 7.11 Å². The summed E-state index contributed by atoms with van der Waals surface area (Å²) in [5.74, 6) is 0.760. The van der Waals surface area contributed by atoms with Gasteiger partial charge < -0.3 is 14.4 Å². The van der Waals surface area contributed by atoms with Crippen molar-refractivity contribution in [3.05, 3.63) is 71.9 Å². The van der Waals surface area contributed by atoms with Crippen LogP contribution in [0.3, 0.4) is 0 Å². The third kappa shape index (κ3) is 5.19. The largest absolute Gasteiger partial charge is 0.497 e. The Labute approximate surface area is 189 Å². The Morgan fingerprint density at radius 2 is 1.84 bits per heavy atom. The molecule has 6 heteroatoms. The number of likely N-dealkylation sites (tertiary alicyclic amines) is 1. The van der Waals surface area contributed by atoms with Crippen molar-refractivity contribution in [1.82, 2.24) is 14.7 Å². The molecular weight excluding hydrogens is 402 g/mol. The van der Waals surface area contributed by atoms with E-state index in [0.717, 1.165) is 29.7 Å². The Morgan fingerprint density at radius 3 is 2.53 bits per heavy atom. The predicted octanol–water partition coefficient (Wildman–Crippen LogP) is 4.64. The topological polar surface area (TPSA) is 56.6 Å². The highest BCUT2D eigenvalue weighted by Gasteiger charge is 2.28. The van der Waals surface area contributed by atoms with Crippen LogP contribution in [0.15, 0.2) is 60.8 Å². The second kappa shape index (κ2) is 10.0. The van der Waals surface area contributed by atoms with Crippen LogP contribution in [0.5, 0.6) is 5.75 Å². The molecule has 0 saturated carbocycles. The Morgan fingerprint density at radius 1 is 1.09 bits per heavy atom. The van der Waals surface area contributed by atoms with E-state index < -0.39 is 0 Å². The molecule has 0 atom stereocenters. The molecular formula is C26H31N3O3. The maximum Gasteiger partial charge on any atom is 0.257 e. The van der Waals surface area contributed by atoms with Crippen LogP contribution in [0.25, 0.3) is 11.3 Å². The molecule has 0 unspecified atom stereocenters. The Balaban J connectivity index is 1.61. The van der Waals surface area contributed by atoms with Gasteiger partial charge in [-0.15, -0.1) is 0 Å². The summed E-state index contributed by atoms with van der Waals surface area (Å²) in [5, 5.41) is 4.81. The molecule has 1 aromatic heterocycles. The van der Waals surface area contributed by atoms with Gasteiger partial charge >= 0.3 is 0 Å². The van der Waals surface area contributed by atoms with E-state index in [0.29, 0.717) is 30.9 Å². The molecule has 4 rings (SSSR count). The van der Waals surface area contributed by atoms with Crippen molar-refractivity contribution in [2.75, 3.05) is 20.2 Å². The minimum Gasteiger partial charge on any atom is -0.497 e. The fourth-order valence-electron chi connectivity index (χ4n) is 4.16. The highest BCUT2D eigenvalue weighted by Crippen LogP contribution is 2.28. The number of ether oxygens (including phenoxy) is 2. The summed E-state index contributed by atoms with van der Waals surface area (Å²) in [4.78, 5) is 15.5. The number of hydrogen-bond donors (Lipinski definition) is 0. The van der Waals surface area contributed by atoms with Gasteiger partial charge in [0.1, 0.15) is 11.4 Å². The minimum absolute atomic E-state index is 0.0186. The van der Waals surface area contributed by atoms with E-state index in [-0.39, 0.29) is 18.1 Å². The average Bonchev–Trinajstić information content (AvgIpc) is 3.23. The van der Waals surface area contributed by atoms with E-state index in [4.69, 9.17) is 14.6 Å². The zero-order valence-corrected chi connectivity index (χ0v) is 19.0. The highest BCUT2D eigenvalue weighted by atomic mass is 16.5. The number of methoxy groups -OCH3 is 1. The van der Waals surface area contributed by atoms with Gasteiger partial charge in [-0.3, -0.25) is 9.48 Å². The van der Waals surface area contributed by atoms with Gasteiger partial charge in [0, 0.05) is 24.8 Å². The highest BCUT2D eigenvalue weighted by molar-refractivity contribution is 6.00. The zero-order valence-electron chi connectivity index (χ0n) is 19.0. The van der Waals surface area contributed by atoms with E-state index in [2.05, 4.69) is 26.0 Å². The number of benzene rings is 2. The van der Waals surface area contributed by atoms with Crippen LogP contribution in [0, 0.1) is 0 Å². The number of hydrogen-bond acceptors (Lipinski definition) is 4. The van der Waals surface area contributed by atoms with Crippen molar-refractivity contribution in [2.24, 2.45) is 0 Å². The number of nitrogens with zero attached hydrogens (tertiary/aromatic N) is 3. The van der Waals surface area contributed by atoms with Gasteiger partial charge in [-0.25, -0.2) is 0 Å². The van der Waals surface area contributed by atoms with Crippen molar-refractivity contribution in [1.29, 1.82) is 0 Å². The maximum absolute atomic E-state index is 13.5. The third-order valence-electron chi connectivity index (χ3n) is 5.72. The van der Waals surface area contributed by atoms with Gasteiger partial charge in [-0.05, 0) is 44.4 Å². The first-order valence-electron chi connectivity index (χ1n) is 11.2. The minimum atomic E-state index is 0.0186. The fourth-order valence-corrected chi connectivity index (χ4v) is 4.16. The van der Waals surface area contributed by atoms with Crippen LogP contribution in [0.4, 0.5) is 0 Å². The smallest absolute Gasteiger partial charge is 0.257 e. The van der Waals surface area contributed by atoms with Crippen LogP contribution in [0.1, 0.15) is 42.6 Å². The lowest BCUT2D eigenvalue weighted by Gasteiger charge is -2.32. The number of amides is 1. The van der Waals surface area contributed by atoms with Crippen LogP contribution >= 0.6 is 0 Å². The van der Waals surface area contributed by atoms with Crippen molar-refractivity contribution >= 4 is 5.91 Å². The van der Waals surface area contributed by atoms with Crippen LogP contribution < -0.4 is 4.74 Å². The predicted molar refractivity (Wildman–Crippen MR) is 125 cm³/mol. The number of carbonyl (C=O) groups excluding carboxylic acids is 1. The number of piperidine rings is 1. The molecule has 2 aromatic carbocycles. The van der Waals surface area contributed by atoms with Crippen LogP contribution in [-0.4, -0.2) is 53.0 Å². The van der Waals surface area contributed by atoms with E-state index >= 15 is 0 Å². The normalized spacial score (nSPS) is 14.7. The molecule has 1 aliphatic rings. The molecule has 2 heterocycles. The molecule has 1 fully saturated rings. The van der Waals surface area contributed by atoms with E-state index in [1.807, 2.05) is 58.2 Å². The second-order valence-electron chi connectivity index (χ2n) is 8.48. The fraction of sp³-hybridized carbons (Fsp3) is 0.385. The van der Waals surface area contributed by atoms with Gasteiger partial charge in [-0.1, -0.05) is 42.5 Å². The van der Waals surface area contributed by atoms with Crippen LogP contribution in [-0.2, 0) is 11.3 Å². The zero-order chi connectivity index (χ0) is 22.5. The standard InChI is InChI=1S/C26H31N3O3/c1-19(2)32-22-12-14-28(15-13-22)26(30)24-18-29(17-20-8-5-4-6-9-20)27-25(24)21-10-7-11-23(16-21)31-3/h4-11,16,18-19,22H,12-15,17H2,1-3H3. The van der Waals surface area contributed by atoms with E-state index in [9.17, 15) is 4.79 Å². The number of carbonyl (C=O) groups is 1. The molecule has 0 aliphatic carbocycles. The lowest BCUT2D eigenvalue weighted by Crippen LogP contribution is -2.41. The number of aromatic nitrogens is 2. The first-order chi connectivity index (χ1) is 15.5. The molecule has 3 aromatic rings. The van der Waals surface area contributed by atoms with Gasteiger partial charge in [0.2, 0.25) is 0 Å². The first-order valence-corrected chi connectivity index (χ1v) is 11.2. The molecule has 32 heavy (non-hydrogen) atoms. The summed E-state index contributed by atoms with van der Waals surface area (Å²) >= 11 is 0. The van der Waals surface area contributed by atoms with Crippen molar-refractivity contribution in [3.8, 4) is 17.0 Å². The average molecular weight is 434 g/mol. The molecule has 0 bridgehead atoms. The van der Waals surface area contributed by atoms with Gasteiger partial charge in [0.15, 0.2) is 0 Å². The Kier molecular flexibility index (Phi) is 6.90. The SMILES string of the molecule is COc1cccc(-c2nn(Cc3ccccc3)cc2C(=O)N2CCC(OC(C)C)CC2)c1. The molecule has 0 spiro atoms. The summed E-state index contributed by atoms with van der Waals surface area (Å²) in [6, 6.07) is 17.9. The molecule has 1 aliphatic heterocycles. The van der Waals surface area contributed by atoms with Gasteiger partial charge in [0.25, 0.3) is 5.91 Å². The Hall–Kier alpha value is -3.12. The monoisotopic (exact) mass is 433 g/mol. The summed E-state index contributed by atoms with van der Waals surface area (Å²) < 4.78 is 13.2. The lowest BCUT2D eigenvalue weighted by molar-refractivity contribution is -0.0236. The van der Waals surface area contributed by atoms with Crippen LogP contribution in [0.2, 0.25) is 0 Å². The molecule has 0 N–H and O–H groups in total. The molecule has 0 radical (unpaired) electrons. The van der Waals surface area contributed by atoms with Gasteiger partial charge in [-0.2, -0.15) is 5.10 Å². The second-order valence-corrected chi connectivity index (χ2v) is 8.48. The van der Waals surface area contributed by atoms with Crippen molar-refractivity contribution < 1.29 is 14.3 Å². The summed E-state index contributed by atoms with van der Waals surface area (Å²) in [5.41, 5.74) is 3.32. The molecule has 6 nitrogen and oxygen atoms in total. The van der Waals surface area contributed by atoms with E-state index in [1.165, 1.54) is 0 Å². The number of rotatable bonds is 7. The molecule has 1 saturated heterocycles. The third-order valence-corrected chi connectivity index (χ3v) is 5.72.